The molecule has 0 saturated carbocycles. The summed E-state index contributed by atoms with van der Waals surface area (Å²) in [5, 5.41) is 3.86. The highest BCUT2D eigenvalue weighted by atomic mass is 16.5. The topological polar surface area (TPSA) is 72.4 Å². The second-order valence-corrected chi connectivity index (χ2v) is 4.51. The van der Waals surface area contributed by atoms with Crippen molar-refractivity contribution in [1.29, 1.82) is 0 Å². The number of carbonyl (C=O) groups excluding carboxylic acids is 1. The Bertz CT molecular complexity index is 551. The summed E-state index contributed by atoms with van der Waals surface area (Å²) >= 11 is 0. The maximum Gasteiger partial charge on any atom is 0.244 e. The summed E-state index contributed by atoms with van der Waals surface area (Å²) in [7, 11) is 1.70. The number of hydrogen-bond donors (Lipinski definition) is 1. The van der Waals surface area contributed by atoms with Crippen LogP contribution in [-0.2, 0) is 11.3 Å². The van der Waals surface area contributed by atoms with Crippen LogP contribution in [0, 0.1) is 6.92 Å². The normalized spacial score (nSPS) is 12.2. The standard InChI is InChI=1S/C14H17N3O2/c1-10-8-12(16-19-10)9-17(2)14(18)13(15)11-6-4-3-5-7-11/h3-8,13H,9,15H2,1-2H3. The van der Waals surface area contributed by atoms with E-state index in [4.69, 9.17) is 10.3 Å². The highest BCUT2D eigenvalue weighted by Gasteiger charge is 2.20. The van der Waals surface area contributed by atoms with Gasteiger partial charge in [-0.25, -0.2) is 0 Å². The number of hydrogen-bond acceptors (Lipinski definition) is 4. The molecule has 1 aromatic heterocycles. The maximum atomic E-state index is 12.2. The van der Waals surface area contributed by atoms with Gasteiger partial charge in [-0.05, 0) is 12.5 Å². The first-order chi connectivity index (χ1) is 9.08. The highest BCUT2D eigenvalue weighted by Crippen LogP contribution is 2.13. The van der Waals surface area contributed by atoms with E-state index in [0.717, 1.165) is 11.3 Å². The minimum absolute atomic E-state index is 0.146. The van der Waals surface area contributed by atoms with Gasteiger partial charge in [0, 0.05) is 13.1 Å². The molecule has 0 aliphatic carbocycles. The van der Waals surface area contributed by atoms with E-state index in [9.17, 15) is 4.79 Å². The summed E-state index contributed by atoms with van der Waals surface area (Å²) in [6.07, 6.45) is 0. The van der Waals surface area contributed by atoms with Crippen molar-refractivity contribution in [2.45, 2.75) is 19.5 Å². The Morgan fingerprint density at radius 3 is 2.68 bits per heavy atom. The van der Waals surface area contributed by atoms with Crippen LogP contribution in [0.2, 0.25) is 0 Å². The molecule has 1 amide bonds. The molecule has 1 aromatic carbocycles. The second-order valence-electron chi connectivity index (χ2n) is 4.51. The summed E-state index contributed by atoms with van der Waals surface area (Å²) < 4.78 is 4.97. The lowest BCUT2D eigenvalue weighted by Gasteiger charge is -2.20. The zero-order chi connectivity index (χ0) is 13.8. The Balaban J connectivity index is 2.03. The number of amides is 1. The molecule has 100 valence electrons. The molecule has 0 saturated heterocycles. The van der Waals surface area contributed by atoms with Crippen LogP contribution in [0.1, 0.15) is 23.1 Å². The zero-order valence-corrected chi connectivity index (χ0v) is 11.0. The first-order valence-electron chi connectivity index (χ1n) is 6.05. The van der Waals surface area contributed by atoms with E-state index in [1.54, 1.807) is 18.0 Å². The number of likely N-dealkylation sites (N-methyl/N-ethyl adjacent to an activating group) is 1. The summed E-state index contributed by atoms with van der Waals surface area (Å²) in [6.45, 7) is 2.20. The van der Waals surface area contributed by atoms with Crippen molar-refractivity contribution >= 4 is 5.91 Å². The van der Waals surface area contributed by atoms with Crippen LogP contribution in [0.4, 0.5) is 0 Å². The van der Waals surface area contributed by atoms with Gasteiger partial charge in [-0.1, -0.05) is 35.5 Å². The molecular weight excluding hydrogens is 242 g/mol. The third-order valence-electron chi connectivity index (χ3n) is 2.88. The van der Waals surface area contributed by atoms with Gasteiger partial charge in [0.05, 0.1) is 6.54 Å². The lowest BCUT2D eigenvalue weighted by molar-refractivity contribution is -0.132. The lowest BCUT2D eigenvalue weighted by Crippen LogP contribution is -2.35. The second kappa shape index (κ2) is 5.67. The van der Waals surface area contributed by atoms with Gasteiger partial charge in [-0.3, -0.25) is 4.79 Å². The lowest BCUT2D eigenvalue weighted by atomic mass is 10.1. The number of nitrogens with zero attached hydrogens (tertiary/aromatic N) is 2. The third-order valence-corrected chi connectivity index (χ3v) is 2.88. The van der Waals surface area contributed by atoms with Crippen LogP contribution in [0.5, 0.6) is 0 Å². The summed E-state index contributed by atoms with van der Waals surface area (Å²) in [6, 6.07) is 10.5. The minimum Gasteiger partial charge on any atom is -0.361 e. The fourth-order valence-corrected chi connectivity index (χ4v) is 1.85. The van der Waals surface area contributed by atoms with Gasteiger partial charge in [0.15, 0.2) is 0 Å². The van der Waals surface area contributed by atoms with Crippen molar-refractivity contribution in [2.75, 3.05) is 7.05 Å². The first kappa shape index (κ1) is 13.3. The summed E-state index contributed by atoms with van der Waals surface area (Å²) in [5.74, 6) is 0.579. The van der Waals surface area contributed by atoms with Crippen molar-refractivity contribution in [3.8, 4) is 0 Å². The number of carbonyl (C=O) groups is 1. The van der Waals surface area contributed by atoms with Gasteiger partial charge >= 0.3 is 0 Å². The summed E-state index contributed by atoms with van der Waals surface area (Å²) in [4.78, 5) is 13.7. The Hall–Kier alpha value is -2.14. The predicted octanol–water partition coefficient (Wildman–Crippen LogP) is 1.64. The van der Waals surface area contributed by atoms with Gasteiger partial charge in [0.25, 0.3) is 0 Å². The largest absolute Gasteiger partial charge is 0.361 e. The average molecular weight is 259 g/mol. The zero-order valence-electron chi connectivity index (χ0n) is 11.0. The van der Waals surface area contributed by atoms with Crippen molar-refractivity contribution in [2.24, 2.45) is 5.73 Å². The van der Waals surface area contributed by atoms with E-state index in [1.807, 2.05) is 37.3 Å². The van der Waals surface area contributed by atoms with E-state index in [2.05, 4.69) is 5.16 Å². The predicted molar refractivity (Wildman–Crippen MR) is 71.1 cm³/mol. The van der Waals surface area contributed by atoms with E-state index in [-0.39, 0.29) is 5.91 Å². The van der Waals surface area contributed by atoms with E-state index >= 15 is 0 Å². The molecule has 2 N–H and O–H groups in total. The van der Waals surface area contributed by atoms with Crippen LogP contribution >= 0.6 is 0 Å². The molecule has 1 atom stereocenters. The van der Waals surface area contributed by atoms with E-state index in [0.29, 0.717) is 12.2 Å². The number of aromatic nitrogens is 1. The average Bonchev–Trinajstić information content (AvgIpc) is 2.83. The molecule has 5 heteroatoms. The Morgan fingerprint density at radius 2 is 2.11 bits per heavy atom. The molecule has 5 nitrogen and oxygen atoms in total. The maximum absolute atomic E-state index is 12.2. The smallest absolute Gasteiger partial charge is 0.244 e. The number of nitrogens with two attached hydrogens (primary N) is 1. The first-order valence-corrected chi connectivity index (χ1v) is 6.05. The fraction of sp³-hybridized carbons (Fsp3) is 0.286. The monoisotopic (exact) mass is 259 g/mol. The van der Waals surface area contributed by atoms with Crippen molar-refractivity contribution in [3.63, 3.8) is 0 Å². The highest BCUT2D eigenvalue weighted by molar-refractivity contribution is 5.82. The van der Waals surface area contributed by atoms with Crippen LogP contribution < -0.4 is 5.73 Å². The van der Waals surface area contributed by atoms with Gasteiger partial charge in [-0.15, -0.1) is 0 Å². The molecule has 1 heterocycles. The Kier molecular flexibility index (Phi) is 3.97. The Labute approximate surface area is 112 Å². The van der Waals surface area contributed by atoms with Crippen LogP contribution in [0.3, 0.4) is 0 Å². The van der Waals surface area contributed by atoms with E-state index in [1.165, 1.54) is 0 Å². The molecule has 0 spiro atoms. The number of aryl methyl sites for hydroxylation is 1. The van der Waals surface area contributed by atoms with Crippen molar-refractivity contribution in [1.82, 2.24) is 10.1 Å². The molecule has 0 bridgehead atoms. The van der Waals surface area contributed by atoms with Crippen molar-refractivity contribution < 1.29 is 9.32 Å². The van der Waals surface area contributed by atoms with Gasteiger partial charge in [-0.2, -0.15) is 0 Å². The van der Waals surface area contributed by atoms with Crippen molar-refractivity contribution in [3.05, 3.63) is 53.4 Å². The molecule has 2 rings (SSSR count). The number of rotatable bonds is 4. The molecule has 0 radical (unpaired) electrons. The number of benzene rings is 1. The van der Waals surface area contributed by atoms with E-state index < -0.39 is 6.04 Å². The van der Waals surface area contributed by atoms with Gasteiger partial charge in [0.2, 0.25) is 5.91 Å². The SMILES string of the molecule is Cc1cc(CN(C)C(=O)C(N)c2ccccc2)no1. The Morgan fingerprint density at radius 1 is 1.42 bits per heavy atom. The quantitative estimate of drug-likeness (QED) is 0.906. The fourth-order valence-electron chi connectivity index (χ4n) is 1.85. The van der Waals surface area contributed by atoms with Crippen LogP contribution in [0.15, 0.2) is 40.9 Å². The molecular formula is C14H17N3O2. The van der Waals surface area contributed by atoms with Crippen LogP contribution in [-0.4, -0.2) is 23.0 Å². The summed E-state index contributed by atoms with van der Waals surface area (Å²) in [5.41, 5.74) is 7.48. The van der Waals surface area contributed by atoms with Crippen LogP contribution in [0.25, 0.3) is 0 Å². The molecule has 2 aromatic rings. The molecule has 0 fully saturated rings. The minimum atomic E-state index is -0.654. The molecule has 19 heavy (non-hydrogen) atoms. The van der Waals surface area contributed by atoms with Gasteiger partial charge < -0.3 is 15.2 Å². The van der Waals surface area contributed by atoms with Gasteiger partial charge in [0.1, 0.15) is 17.5 Å². The molecule has 0 aliphatic rings. The third kappa shape index (κ3) is 3.20. The molecule has 0 aliphatic heterocycles. The molecule has 1 unspecified atom stereocenters.